The van der Waals surface area contributed by atoms with Crippen LogP contribution >= 0.6 is 15.9 Å². The van der Waals surface area contributed by atoms with Gasteiger partial charge in [-0.05, 0) is 0 Å². The molecule has 1 aromatic heterocycles. The lowest BCUT2D eigenvalue weighted by Gasteiger charge is -2.09. The van der Waals surface area contributed by atoms with Gasteiger partial charge in [0.25, 0.3) is 0 Å². The van der Waals surface area contributed by atoms with Crippen molar-refractivity contribution in [2.45, 2.75) is 5.33 Å². The van der Waals surface area contributed by atoms with Gasteiger partial charge in [-0.25, -0.2) is 0 Å². The first-order valence-corrected chi connectivity index (χ1v) is 4.57. The molecule has 1 aromatic rings. The smallest absolute Gasteiger partial charge is 0.183 e. The van der Waals surface area contributed by atoms with Crippen molar-refractivity contribution in [2.75, 3.05) is 14.2 Å². The van der Waals surface area contributed by atoms with E-state index in [-0.39, 0.29) is 0 Å². The fourth-order valence-electron chi connectivity index (χ4n) is 0.946. The summed E-state index contributed by atoms with van der Waals surface area (Å²) < 4.78 is 10.2. The van der Waals surface area contributed by atoms with Gasteiger partial charge in [0.15, 0.2) is 11.5 Å². The Balaban J connectivity index is 3.13. The average molecular weight is 232 g/mol. The summed E-state index contributed by atoms with van der Waals surface area (Å²) in [6, 6.07) is 1.77. The molecular formula is C8H10BrNO2. The van der Waals surface area contributed by atoms with Gasteiger partial charge in [-0.3, -0.25) is 4.98 Å². The van der Waals surface area contributed by atoms with Gasteiger partial charge in [-0.2, -0.15) is 0 Å². The maximum atomic E-state index is 5.14. The highest BCUT2D eigenvalue weighted by atomic mass is 79.9. The minimum Gasteiger partial charge on any atom is -0.493 e. The Morgan fingerprint density at radius 2 is 2.17 bits per heavy atom. The lowest BCUT2D eigenvalue weighted by atomic mass is 10.3. The molecule has 0 aromatic carbocycles. The quantitative estimate of drug-likeness (QED) is 0.747. The van der Waals surface area contributed by atoms with Crippen LogP contribution in [0.3, 0.4) is 0 Å². The third-order valence-corrected chi connectivity index (χ3v) is 2.02. The fraction of sp³-hybridized carbons (Fsp3) is 0.375. The molecule has 0 spiro atoms. The highest BCUT2D eigenvalue weighted by Crippen LogP contribution is 2.29. The van der Waals surface area contributed by atoms with E-state index in [2.05, 4.69) is 20.9 Å². The molecule has 0 aliphatic carbocycles. The van der Waals surface area contributed by atoms with Crippen LogP contribution in [0.1, 0.15) is 5.69 Å². The van der Waals surface area contributed by atoms with E-state index in [1.54, 1.807) is 26.5 Å². The van der Waals surface area contributed by atoms with Crippen molar-refractivity contribution in [3.63, 3.8) is 0 Å². The van der Waals surface area contributed by atoms with Gasteiger partial charge >= 0.3 is 0 Å². The van der Waals surface area contributed by atoms with Crippen LogP contribution in [0.5, 0.6) is 11.5 Å². The van der Waals surface area contributed by atoms with Gasteiger partial charge in [0.2, 0.25) is 0 Å². The highest BCUT2D eigenvalue weighted by Gasteiger charge is 2.08. The molecule has 0 atom stereocenters. The highest BCUT2D eigenvalue weighted by molar-refractivity contribution is 9.08. The van der Waals surface area contributed by atoms with Crippen LogP contribution < -0.4 is 9.47 Å². The van der Waals surface area contributed by atoms with Crippen molar-refractivity contribution >= 4 is 15.9 Å². The Bertz CT molecular complexity index is 243. The average Bonchev–Trinajstić information content (AvgIpc) is 2.16. The number of halogens is 1. The summed E-state index contributed by atoms with van der Waals surface area (Å²) in [6.07, 6.45) is 1.69. The molecule has 1 heterocycles. The Morgan fingerprint density at radius 1 is 1.42 bits per heavy atom. The Labute approximate surface area is 79.8 Å². The summed E-state index contributed by atoms with van der Waals surface area (Å²) in [5.41, 5.74) is 0.844. The van der Waals surface area contributed by atoms with E-state index >= 15 is 0 Å². The van der Waals surface area contributed by atoms with Crippen molar-refractivity contribution in [3.05, 3.63) is 18.0 Å². The fourth-order valence-corrected chi connectivity index (χ4v) is 1.35. The number of aromatic nitrogens is 1. The molecule has 0 radical (unpaired) electrons. The van der Waals surface area contributed by atoms with E-state index in [1.165, 1.54) is 0 Å². The minimum absolute atomic E-state index is 0.660. The summed E-state index contributed by atoms with van der Waals surface area (Å²) in [5, 5.41) is 0.660. The number of ether oxygens (including phenoxy) is 2. The predicted molar refractivity (Wildman–Crippen MR) is 50.0 cm³/mol. The molecular weight excluding hydrogens is 222 g/mol. The Hall–Kier alpha value is -0.770. The first-order chi connectivity index (χ1) is 5.83. The summed E-state index contributed by atoms with van der Waals surface area (Å²) in [4.78, 5) is 4.12. The SMILES string of the molecule is COc1ccnc(CBr)c1OC. The van der Waals surface area contributed by atoms with Gasteiger partial charge in [0.1, 0.15) is 0 Å². The van der Waals surface area contributed by atoms with Gasteiger partial charge in [-0.1, -0.05) is 15.9 Å². The summed E-state index contributed by atoms with van der Waals surface area (Å²) in [5.74, 6) is 1.40. The molecule has 0 aliphatic heterocycles. The molecule has 3 nitrogen and oxygen atoms in total. The first-order valence-electron chi connectivity index (χ1n) is 3.45. The number of methoxy groups -OCH3 is 2. The Morgan fingerprint density at radius 3 is 2.67 bits per heavy atom. The molecule has 0 unspecified atom stereocenters. The number of alkyl halides is 1. The topological polar surface area (TPSA) is 31.4 Å². The molecule has 0 amide bonds. The zero-order chi connectivity index (χ0) is 8.97. The van der Waals surface area contributed by atoms with Crippen LogP contribution in [0.4, 0.5) is 0 Å². The van der Waals surface area contributed by atoms with Crippen molar-refractivity contribution in [1.29, 1.82) is 0 Å². The normalized spacial score (nSPS) is 9.58. The second kappa shape index (κ2) is 4.30. The molecule has 66 valence electrons. The van der Waals surface area contributed by atoms with Crippen LogP contribution in [0.25, 0.3) is 0 Å². The number of hydrogen-bond acceptors (Lipinski definition) is 3. The van der Waals surface area contributed by atoms with Gasteiger partial charge in [0, 0.05) is 17.6 Å². The van der Waals surface area contributed by atoms with E-state index in [0.29, 0.717) is 16.8 Å². The molecule has 0 N–H and O–H groups in total. The number of pyridine rings is 1. The molecule has 1 rings (SSSR count). The number of hydrogen-bond donors (Lipinski definition) is 0. The Kier molecular flexibility index (Phi) is 3.34. The maximum absolute atomic E-state index is 5.14. The van der Waals surface area contributed by atoms with Crippen LogP contribution in [-0.4, -0.2) is 19.2 Å². The van der Waals surface area contributed by atoms with Crippen molar-refractivity contribution in [1.82, 2.24) is 4.98 Å². The lowest BCUT2D eigenvalue weighted by molar-refractivity contribution is 0.350. The maximum Gasteiger partial charge on any atom is 0.183 e. The van der Waals surface area contributed by atoms with E-state index in [1.807, 2.05) is 0 Å². The molecule has 4 heteroatoms. The molecule has 0 fully saturated rings. The van der Waals surface area contributed by atoms with Gasteiger partial charge in [-0.15, -0.1) is 0 Å². The second-order valence-corrected chi connectivity index (χ2v) is 2.69. The number of rotatable bonds is 3. The third-order valence-electron chi connectivity index (χ3n) is 1.49. The van der Waals surface area contributed by atoms with E-state index in [9.17, 15) is 0 Å². The van der Waals surface area contributed by atoms with Crippen molar-refractivity contribution < 1.29 is 9.47 Å². The van der Waals surface area contributed by atoms with Gasteiger partial charge < -0.3 is 9.47 Å². The van der Waals surface area contributed by atoms with Crippen LogP contribution in [0, 0.1) is 0 Å². The third kappa shape index (κ3) is 1.69. The molecule has 0 saturated carbocycles. The summed E-state index contributed by atoms with van der Waals surface area (Å²) >= 11 is 3.31. The van der Waals surface area contributed by atoms with Gasteiger partial charge in [0.05, 0.1) is 19.9 Å². The van der Waals surface area contributed by atoms with E-state index in [0.717, 1.165) is 5.69 Å². The summed E-state index contributed by atoms with van der Waals surface area (Å²) in [7, 11) is 3.21. The zero-order valence-corrected chi connectivity index (χ0v) is 8.59. The molecule has 12 heavy (non-hydrogen) atoms. The standard InChI is InChI=1S/C8H10BrNO2/c1-11-7-3-4-10-6(5-9)8(7)12-2/h3-4H,5H2,1-2H3. The van der Waals surface area contributed by atoms with E-state index < -0.39 is 0 Å². The van der Waals surface area contributed by atoms with Crippen LogP contribution in [-0.2, 0) is 5.33 Å². The zero-order valence-electron chi connectivity index (χ0n) is 7.00. The molecule has 0 aliphatic rings. The molecule has 0 bridgehead atoms. The predicted octanol–water partition coefficient (Wildman–Crippen LogP) is 1.99. The van der Waals surface area contributed by atoms with Crippen LogP contribution in [0.2, 0.25) is 0 Å². The minimum atomic E-state index is 0.660. The second-order valence-electron chi connectivity index (χ2n) is 2.13. The molecule has 0 saturated heterocycles. The lowest BCUT2D eigenvalue weighted by Crippen LogP contribution is -1.96. The monoisotopic (exact) mass is 231 g/mol. The van der Waals surface area contributed by atoms with Crippen molar-refractivity contribution in [2.24, 2.45) is 0 Å². The van der Waals surface area contributed by atoms with Crippen LogP contribution in [0.15, 0.2) is 12.3 Å². The summed E-state index contributed by atoms with van der Waals surface area (Å²) in [6.45, 7) is 0. The largest absolute Gasteiger partial charge is 0.493 e. The van der Waals surface area contributed by atoms with E-state index in [4.69, 9.17) is 9.47 Å². The number of nitrogens with zero attached hydrogens (tertiary/aromatic N) is 1. The van der Waals surface area contributed by atoms with Crippen molar-refractivity contribution in [3.8, 4) is 11.5 Å². The first kappa shape index (κ1) is 9.32.